The minimum Gasteiger partial charge on any atom is -0.497 e. The van der Waals surface area contributed by atoms with E-state index in [4.69, 9.17) is 14.6 Å². The fraction of sp³-hybridized carbons (Fsp3) is 0.333. The Kier molecular flexibility index (Phi) is 4.29. The standard InChI is InChI=1S/C18H20N2O4/c1-20(17(21)22)18(7-8-18)12-24-16-9-14(10-19-11-16)13-3-5-15(23-2)6-4-13/h3-6,9-11H,7-8,12H2,1-2H3,(H,21,22). The number of carbonyl (C=O) groups is 1. The van der Waals surface area contributed by atoms with Crippen LogP contribution in [0.2, 0.25) is 0 Å². The van der Waals surface area contributed by atoms with Crippen molar-refractivity contribution < 1.29 is 19.4 Å². The average molecular weight is 328 g/mol. The van der Waals surface area contributed by atoms with Crippen molar-refractivity contribution in [2.24, 2.45) is 0 Å². The molecule has 1 aromatic heterocycles. The van der Waals surface area contributed by atoms with Gasteiger partial charge < -0.3 is 19.5 Å². The number of benzene rings is 1. The highest BCUT2D eigenvalue weighted by atomic mass is 16.5. The van der Waals surface area contributed by atoms with Gasteiger partial charge in [0.15, 0.2) is 0 Å². The molecule has 1 aliphatic rings. The fourth-order valence-electron chi connectivity index (χ4n) is 2.58. The molecule has 0 atom stereocenters. The van der Waals surface area contributed by atoms with Crippen molar-refractivity contribution in [1.29, 1.82) is 0 Å². The molecule has 0 saturated heterocycles. The van der Waals surface area contributed by atoms with E-state index in [-0.39, 0.29) is 0 Å². The van der Waals surface area contributed by atoms with Crippen LogP contribution >= 0.6 is 0 Å². The third-order valence-corrected chi connectivity index (χ3v) is 4.47. The van der Waals surface area contributed by atoms with Crippen LogP contribution in [-0.2, 0) is 0 Å². The first-order chi connectivity index (χ1) is 11.5. The van der Waals surface area contributed by atoms with Crippen LogP contribution < -0.4 is 9.47 Å². The molecule has 24 heavy (non-hydrogen) atoms. The molecule has 3 rings (SSSR count). The van der Waals surface area contributed by atoms with Gasteiger partial charge in [-0.2, -0.15) is 0 Å². The van der Waals surface area contributed by atoms with Crippen LogP contribution in [0.1, 0.15) is 12.8 Å². The van der Waals surface area contributed by atoms with Gasteiger partial charge in [0.25, 0.3) is 0 Å². The first kappa shape index (κ1) is 16.1. The number of pyridine rings is 1. The van der Waals surface area contributed by atoms with E-state index in [1.165, 1.54) is 4.90 Å². The van der Waals surface area contributed by atoms with E-state index in [2.05, 4.69) is 4.98 Å². The van der Waals surface area contributed by atoms with E-state index < -0.39 is 11.6 Å². The number of nitrogens with zero attached hydrogens (tertiary/aromatic N) is 2. The molecule has 0 bridgehead atoms. The van der Waals surface area contributed by atoms with Crippen molar-refractivity contribution in [2.45, 2.75) is 18.4 Å². The van der Waals surface area contributed by atoms with E-state index in [9.17, 15) is 4.79 Å². The summed E-state index contributed by atoms with van der Waals surface area (Å²) in [6.07, 6.45) is 4.12. The summed E-state index contributed by atoms with van der Waals surface area (Å²) < 4.78 is 11.0. The Hall–Kier alpha value is -2.76. The van der Waals surface area contributed by atoms with Gasteiger partial charge in [0.05, 0.1) is 18.8 Å². The summed E-state index contributed by atoms with van der Waals surface area (Å²) in [4.78, 5) is 16.7. The minimum absolute atomic E-state index is 0.337. The second kappa shape index (κ2) is 6.39. The Bertz CT molecular complexity index is 726. The molecule has 126 valence electrons. The van der Waals surface area contributed by atoms with Gasteiger partial charge in [-0.25, -0.2) is 4.79 Å². The molecule has 1 saturated carbocycles. The summed E-state index contributed by atoms with van der Waals surface area (Å²) in [6, 6.07) is 9.61. The third kappa shape index (κ3) is 3.27. The molecule has 0 radical (unpaired) electrons. The number of hydrogen-bond donors (Lipinski definition) is 1. The predicted octanol–water partition coefficient (Wildman–Crippen LogP) is 3.28. The zero-order valence-electron chi connectivity index (χ0n) is 13.7. The monoisotopic (exact) mass is 328 g/mol. The van der Waals surface area contributed by atoms with Gasteiger partial charge in [-0.15, -0.1) is 0 Å². The second-order valence-electron chi connectivity index (χ2n) is 5.99. The van der Waals surface area contributed by atoms with Gasteiger partial charge >= 0.3 is 6.09 Å². The molecule has 1 aromatic carbocycles. The van der Waals surface area contributed by atoms with Crippen molar-refractivity contribution in [2.75, 3.05) is 20.8 Å². The van der Waals surface area contributed by atoms with Crippen molar-refractivity contribution >= 4 is 6.09 Å². The van der Waals surface area contributed by atoms with Crippen LogP contribution in [0.4, 0.5) is 4.79 Å². The molecular formula is C18H20N2O4. The van der Waals surface area contributed by atoms with Gasteiger partial charge in [0.1, 0.15) is 18.1 Å². The zero-order chi connectivity index (χ0) is 17.2. The lowest BCUT2D eigenvalue weighted by molar-refractivity contribution is 0.109. The van der Waals surface area contributed by atoms with Crippen LogP contribution in [0, 0.1) is 0 Å². The van der Waals surface area contributed by atoms with Crippen LogP contribution in [0.15, 0.2) is 42.7 Å². The number of methoxy groups -OCH3 is 1. The highest BCUT2D eigenvalue weighted by Gasteiger charge is 2.49. The van der Waals surface area contributed by atoms with Crippen molar-refractivity contribution in [1.82, 2.24) is 9.88 Å². The summed E-state index contributed by atoms with van der Waals surface area (Å²) in [6.45, 7) is 0.337. The second-order valence-corrected chi connectivity index (χ2v) is 5.99. The molecule has 2 aromatic rings. The summed E-state index contributed by atoms with van der Waals surface area (Å²) >= 11 is 0. The maximum Gasteiger partial charge on any atom is 0.407 e. The highest BCUT2D eigenvalue weighted by molar-refractivity contribution is 5.66. The lowest BCUT2D eigenvalue weighted by Crippen LogP contribution is -2.42. The van der Waals surface area contributed by atoms with Crippen LogP contribution in [0.25, 0.3) is 11.1 Å². The van der Waals surface area contributed by atoms with Gasteiger partial charge in [-0.05, 0) is 36.6 Å². The average Bonchev–Trinajstić information content (AvgIpc) is 3.41. The maximum atomic E-state index is 11.1. The molecule has 0 unspecified atom stereocenters. The SMILES string of the molecule is COc1ccc(-c2cncc(OCC3(N(C)C(=O)O)CC3)c2)cc1. The molecule has 6 nitrogen and oxygen atoms in total. The topological polar surface area (TPSA) is 71.9 Å². The summed E-state index contributed by atoms with van der Waals surface area (Å²) in [7, 11) is 3.22. The van der Waals surface area contributed by atoms with E-state index in [0.717, 1.165) is 29.7 Å². The van der Waals surface area contributed by atoms with E-state index in [1.807, 2.05) is 30.3 Å². The quantitative estimate of drug-likeness (QED) is 0.881. The number of carboxylic acid groups (broad SMARTS) is 1. The molecule has 1 heterocycles. The first-order valence-corrected chi connectivity index (χ1v) is 7.73. The maximum absolute atomic E-state index is 11.1. The predicted molar refractivity (Wildman–Crippen MR) is 89.5 cm³/mol. The van der Waals surface area contributed by atoms with Gasteiger partial charge in [-0.3, -0.25) is 4.98 Å². The van der Waals surface area contributed by atoms with Gasteiger partial charge in [-0.1, -0.05) is 12.1 Å². The lowest BCUT2D eigenvalue weighted by atomic mass is 10.1. The summed E-state index contributed by atoms with van der Waals surface area (Å²) in [5.41, 5.74) is 1.55. The van der Waals surface area contributed by atoms with Gasteiger partial charge in [0, 0.05) is 18.8 Å². The van der Waals surface area contributed by atoms with Crippen LogP contribution in [0.3, 0.4) is 0 Å². The molecule has 0 spiro atoms. The van der Waals surface area contributed by atoms with Crippen LogP contribution in [-0.4, -0.2) is 47.4 Å². The molecule has 6 heteroatoms. The summed E-state index contributed by atoms with van der Waals surface area (Å²) in [5, 5.41) is 9.14. The Morgan fingerprint density at radius 2 is 1.92 bits per heavy atom. The smallest absolute Gasteiger partial charge is 0.407 e. The van der Waals surface area contributed by atoms with E-state index >= 15 is 0 Å². The van der Waals surface area contributed by atoms with Crippen molar-refractivity contribution in [3.05, 3.63) is 42.7 Å². The Morgan fingerprint density at radius 3 is 2.50 bits per heavy atom. The number of amides is 1. The number of rotatable bonds is 6. The highest BCUT2D eigenvalue weighted by Crippen LogP contribution is 2.41. The molecular weight excluding hydrogens is 308 g/mol. The number of hydrogen-bond acceptors (Lipinski definition) is 4. The normalized spacial score (nSPS) is 14.8. The Labute approximate surface area is 140 Å². The summed E-state index contributed by atoms with van der Waals surface area (Å²) in [5.74, 6) is 1.43. The van der Waals surface area contributed by atoms with Crippen molar-refractivity contribution in [3.8, 4) is 22.6 Å². The minimum atomic E-state index is -0.929. The molecule has 1 N–H and O–H groups in total. The molecule has 1 fully saturated rings. The number of aromatic nitrogens is 1. The van der Waals surface area contributed by atoms with Gasteiger partial charge in [0.2, 0.25) is 0 Å². The zero-order valence-corrected chi connectivity index (χ0v) is 13.7. The fourth-order valence-corrected chi connectivity index (χ4v) is 2.58. The van der Waals surface area contributed by atoms with E-state index in [1.54, 1.807) is 26.6 Å². The van der Waals surface area contributed by atoms with Crippen molar-refractivity contribution in [3.63, 3.8) is 0 Å². The van der Waals surface area contributed by atoms with E-state index in [0.29, 0.717) is 12.4 Å². The Balaban J connectivity index is 1.70. The third-order valence-electron chi connectivity index (χ3n) is 4.47. The Morgan fingerprint density at radius 1 is 1.21 bits per heavy atom. The number of ether oxygens (including phenoxy) is 2. The van der Waals surface area contributed by atoms with Crippen LogP contribution in [0.5, 0.6) is 11.5 Å². The first-order valence-electron chi connectivity index (χ1n) is 7.73. The number of likely N-dealkylation sites (N-methyl/N-ethyl adjacent to an activating group) is 1. The largest absolute Gasteiger partial charge is 0.497 e. The lowest BCUT2D eigenvalue weighted by Gasteiger charge is -2.25. The molecule has 1 aliphatic carbocycles. The molecule has 1 amide bonds. The molecule has 0 aliphatic heterocycles.